The Morgan fingerprint density at radius 2 is 1.66 bits per heavy atom. The number of hydrogen-bond donors (Lipinski definition) is 2. The molecule has 2 aromatic heterocycles. The van der Waals surface area contributed by atoms with Gasteiger partial charge >= 0.3 is 0 Å². The number of benzene rings is 3. The highest BCUT2D eigenvalue weighted by atomic mass is 32.1. The fourth-order valence-corrected chi connectivity index (χ4v) is 4.43. The molecule has 5 aromatic rings. The predicted octanol–water partition coefficient (Wildman–Crippen LogP) is 4.10. The number of amides is 1. The topological polar surface area (TPSA) is 91.9 Å². The lowest BCUT2D eigenvalue weighted by Gasteiger charge is -2.04. The van der Waals surface area contributed by atoms with E-state index < -0.39 is 0 Å². The van der Waals surface area contributed by atoms with Crippen LogP contribution in [0.25, 0.3) is 32.2 Å². The number of nitrogens with one attached hydrogen (secondary N) is 2. The number of nitrogens with zero attached hydrogens (tertiary/aromatic N) is 1. The van der Waals surface area contributed by atoms with Crippen LogP contribution < -0.4 is 16.3 Å². The molecule has 1 amide bonds. The van der Waals surface area contributed by atoms with E-state index in [0.29, 0.717) is 33.8 Å². The summed E-state index contributed by atoms with van der Waals surface area (Å²) in [5.41, 5.74) is 1.09. The fraction of sp³-hybridized carbons (Fsp3) is 0.0400. The third-order valence-corrected chi connectivity index (χ3v) is 6.23. The van der Waals surface area contributed by atoms with Crippen LogP contribution in [-0.4, -0.2) is 15.9 Å². The van der Waals surface area contributed by atoms with Gasteiger partial charge in [-0.25, -0.2) is 4.98 Å². The highest BCUT2D eigenvalue weighted by Gasteiger charge is 2.11. The molecule has 3 aromatic carbocycles. The molecule has 5 rings (SSSR count). The molecule has 0 bridgehead atoms. The maximum Gasteiger partial charge on any atom is 0.256 e. The average Bonchev–Trinajstić information content (AvgIpc) is 3.28. The Kier molecular flexibility index (Phi) is 5.09. The van der Waals surface area contributed by atoms with E-state index in [2.05, 4.69) is 15.3 Å². The van der Waals surface area contributed by atoms with E-state index in [4.69, 9.17) is 0 Å². The second kappa shape index (κ2) is 8.20. The van der Waals surface area contributed by atoms with Gasteiger partial charge in [-0.05, 0) is 24.3 Å². The molecule has 0 aliphatic rings. The van der Waals surface area contributed by atoms with Gasteiger partial charge in [0.05, 0.1) is 17.4 Å². The Labute approximate surface area is 186 Å². The lowest BCUT2D eigenvalue weighted by Crippen LogP contribution is -2.22. The van der Waals surface area contributed by atoms with Crippen molar-refractivity contribution in [2.75, 3.05) is 0 Å². The van der Waals surface area contributed by atoms with Crippen LogP contribution in [0.1, 0.15) is 15.2 Å². The van der Waals surface area contributed by atoms with Crippen LogP contribution in [0.3, 0.4) is 0 Å². The number of carbonyl (C=O) groups excluding carboxylic acids is 1. The van der Waals surface area contributed by atoms with Crippen molar-refractivity contribution in [3.8, 4) is 10.6 Å². The Hall–Kier alpha value is -4.10. The lowest BCUT2D eigenvalue weighted by atomic mass is 10.1. The van der Waals surface area contributed by atoms with E-state index in [9.17, 15) is 14.4 Å². The molecule has 2 heterocycles. The summed E-state index contributed by atoms with van der Waals surface area (Å²) in [6, 6.07) is 21.2. The van der Waals surface area contributed by atoms with Crippen molar-refractivity contribution in [1.82, 2.24) is 15.3 Å². The van der Waals surface area contributed by atoms with Crippen LogP contribution in [-0.2, 0) is 6.54 Å². The van der Waals surface area contributed by atoms with Gasteiger partial charge < -0.3 is 10.3 Å². The molecule has 0 atom stereocenters. The third-order valence-electron chi connectivity index (χ3n) is 5.19. The van der Waals surface area contributed by atoms with Crippen molar-refractivity contribution < 1.29 is 4.79 Å². The molecule has 156 valence electrons. The van der Waals surface area contributed by atoms with Gasteiger partial charge in [-0.15, -0.1) is 11.3 Å². The van der Waals surface area contributed by atoms with E-state index in [0.717, 1.165) is 15.4 Å². The highest BCUT2D eigenvalue weighted by molar-refractivity contribution is 7.15. The molecule has 0 saturated carbocycles. The van der Waals surface area contributed by atoms with Gasteiger partial charge in [0.1, 0.15) is 5.01 Å². The maximum absolute atomic E-state index is 12.9. The molecule has 0 spiro atoms. The van der Waals surface area contributed by atoms with E-state index >= 15 is 0 Å². The van der Waals surface area contributed by atoms with Crippen molar-refractivity contribution in [3.63, 3.8) is 0 Å². The smallest absolute Gasteiger partial charge is 0.256 e. The molecule has 32 heavy (non-hydrogen) atoms. The number of hydrogen-bond acceptors (Lipinski definition) is 5. The van der Waals surface area contributed by atoms with Gasteiger partial charge in [-0.1, -0.05) is 48.5 Å². The average molecular weight is 439 g/mol. The number of aromatic nitrogens is 2. The number of thiazole rings is 1. The molecule has 0 aliphatic heterocycles. The second-order valence-electron chi connectivity index (χ2n) is 7.27. The van der Waals surface area contributed by atoms with Crippen molar-refractivity contribution >= 4 is 38.9 Å². The molecule has 0 radical (unpaired) electrons. The van der Waals surface area contributed by atoms with Gasteiger partial charge in [0.25, 0.3) is 11.5 Å². The Morgan fingerprint density at radius 1 is 0.906 bits per heavy atom. The van der Waals surface area contributed by atoms with Crippen molar-refractivity contribution in [2.45, 2.75) is 6.54 Å². The molecular weight excluding hydrogens is 422 g/mol. The molecular formula is C25H17N3O3S. The largest absolute Gasteiger partial charge is 0.347 e. The number of aromatic amines is 1. The molecule has 0 saturated heterocycles. The van der Waals surface area contributed by atoms with Crippen molar-refractivity contribution in [1.29, 1.82) is 0 Å². The van der Waals surface area contributed by atoms with E-state index in [1.54, 1.807) is 42.6 Å². The zero-order chi connectivity index (χ0) is 22.1. The van der Waals surface area contributed by atoms with Crippen molar-refractivity contribution in [3.05, 3.63) is 110 Å². The second-order valence-corrected chi connectivity index (χ2v) is 8.38. The van der Waals surface area contributed by atoms with Gasteiger partial charge in [-0.3, -0.25) is 14.4 Å². The minimum absolute atomic E-state index is 0.251. The number of rotatable bonds is 4. The standard InChI is InChI=1S/C25H17N3O3S/c29-22-18-8-4-5-9-19(18)24(31)28-21-12-16(10-11-20(21)22)23(30)26-13-17-14-27-25(32-17)15-6-2-1-3-7-15/h1-12,14H,13H2,(H,26,30)(H,28,31). The molecule has 6 nitrogen and oxygen atoms in total. The summed E-state index contributed by atoms with van der Waals surface area (Å²) in [7, 11) is 0. The molecule has 7 heteroatoms. The zero-order valence-corrected chi connectivity index (χ0v) is 17.6. The van der Waals surface area contributed by atoms with Crippen LogP contribution in [0.15, 0.2) is 88.6 Å². The summed E-state index contributed by atoms with van der Waals surface area (Å²) in [6.07, 6.45) is 1.75. The normalized spacial score (nSPS) is 11.0. The summed E-state index contributed by atoms with van der Waals surface area (Å²) in [4.78, 5) is 46.3. The SMILES string of the molecule is O=C(NCc1cnc(-c2ccccc2)s1)c1ccc2c(=O)c3ccccc3c(=O)[nH]c2c1. The maximum atomic E-state index is 12.9. The van der Waals surface area contributed by atoms with Crippen molar-refractivity contribution in [2.24, 2.45) is 0 Å². The fourth-order valence-electron chi connectivity index (χ4n) is 3.57. The van der Waals surface area contributed by atoms with Crippen LogP contribution in [0.2, 0.25) is 0 Å². The molecule has 0 aliphatic carbocycles. The van der Waals surface area contributed by atoms with Gasteiger partial charge in [0.15, 0.2) is 5.43 Å². The number of H-pyrrole nitrogens is 1. The molecule has 2 N–H and O–H groups in total. The van der Waals surface area contributed by atoms with Gasteiger partial charge in [-0.2, -0.15) is 0 Å². The quantitative estimate of drug-likeness (QED) is 0.441. The number of carbonyl (C=O) groups is 1. The Morgan fingerprint density at radius 3 is 2.47 bits per heavy atom. The summed E-state index contributed by atoms with van der Waals surface area (Å²) in [5.74, 6) is -0.300. The summed E-state index contributed by atoms with van der Waals surface area (Å²) in [5, 5.41) is 4.79. The van der Waals surface area contributed by atoms with E-state index in [1.807, 2.05) is 30.3 Å². The summed E-state index contributed by atoms with van der Waals surface area (Å²) >= 11 is 1.51. The Balaban J connectivity index is 1.42. The van der Waals surface area contributed by atoms with Gasteiger partial charge in [0, 0.05) is 33.0 Å². The van der Waals surface area contributed by atoms with E-state index in [1.165, 1.54) is 17.4 Å². The van der Waals surface area contributed by atoms with Crippen LogP contribution in [0.5, 0.6) is 0 Å². The predicted molar refractivity (Wildman–Crippen MR) is 127 cm³/mol. The monoisotopic (exact) mass is 439 g/mol. The van der Waals surface area contributed by atoms with Crippen LogP contribution in [0.4, 0.5) is 0 Å². The number of fused-ring (bicyclic) bond motifs is 2. The molecule has 0 fully saturated rings. The minimum Gasteiger partial charge on any atom is -0.347 e. The third kappa shape index (κ3) is 3.70. The summed E-state index contributed by atoms with van der Waals surface area (Å²) in [6.45, 7) is 0.331. The zero-order valence-electron chi connectivity index (χ0n) is 16.8. The molecule has 0 unspecified atom stereocenters. The first-order valence-electron chi connectivity index (χ1n) is 9.97. The highest BCUT2D eigenvalue weighted by Crippen LogP contribution is 2.24. The first-order chi connectivity index (χ1) is 15.6. The van der Waals surface area contributed by atoms with Gasteiger partial charge in [0.2, 0.25) is 0 Å². The summed E-state index contributed by atoms with van der Waals surface area (Å²) < 4.78 is 0. The van der Waals surface area contributed by atoms with Crippen LogP contribution >= 0.6 is 11.3 Å². The first kappa shape index (κ1) is 19.8. The lowest BCUT2D eigenvalue weighted by molar-refractivity contribution is 0.0951. The first-order valence-corrected chi connectivity index (χ1v) is 10.8. The minimum atomic E-state index is -0.372. The Bertz CT molecular complexity index is 1590. The van der Waals surface area contributed by atoms with Crippen LogP contribution in [0, 0.1) is 0 Å². The van der Waals surface area contributed by atoms with E-state index in [-0.39, 0.29) is 16.9 Å².